The predicted octanol–water partition coefficient (Wildman–Crippen LogP) is 1.37. The summed E-state index contributed by atoms with van der Waals surface area (Å²) >= 11 is 0. The van der Waals surface area contributed by atoms with Crippen LogP contribution in [0, 0.1) is 0 Å². The predicted molar refractivity (Wildman–Crippen MR) is 78.2 cm³/mol. The van der Waals surface area contributed by atoms with Crippen LogP contribution in [0.5, 0.6) is 0 Å². The lowest BCUT2D eigenvalue weighted by Gasteiger charge is -2.30. The van der Waals surface area contributed by atoms with Gasteiger partial charge >= 0.3 is 0 Å². The van der Waals surface area contributed by atoms with Crippen molar-refractivity contribution in [2.75, 3.05) is 18.0 Å². The second-order valence-electron chi connectivity index (χ2n) is 6.37. The third-order valence-electron chi connectivity index (χ3n) is 4.87. The molecule has 0 spiro atoms. The van der Waals surface area contributed by atoms with Crippen molar-refractivity contribution < 1.29 is 0 Å². The lowest BCUT2D eigenvalue weighted by Crippen LogP contribution is -2.44. The van der Waals surface area contributed by atoms with E-state index in [4.69, 9.17) is 4.98 Å². The number of anilines is 1. The fraction of sp³-hybridized carbons (Fsp3) is 0.733. The van der Waals surface area contributed by atoms with E-state index < -0.39 is 0 Å². The molecule has 0 bridgehead atoms. The first-order chi connectivity index (χ1) is 9.81. The molecule has 4 rings (SSSR count). The molecule has 2 N–H and O–H groups in total. The molecule has 0 amide bonds. The van der Waals surface area contributed by atoms with Crippen molar-refractivity contribution in [1.29, 1.82) is 0 Å². The van der Waals surface area contributed by atoms with E-state index in [2.05, 4.69) is 15.2 Å². The first kappa shape index (κ1) is 12.4. The molecule has 5 heteroatoms. The minimum atomic E-state index is 0.00179. The van der Waals surface area contributed by atoms with E-state index in [1.807, 2.05) is 0 Å². The molecule has 3 heterocycles. The van der Waals surface area contributed by atoms with Gasteiger partial charge in [-0.1, -0.05) is 0 Å². The first-order valence-corrected chi connectivity index (χ1v) is 7.92. The van der Waals surface area contributed by atoms with Gasteiger partial charge in [0, 0.05) is 30.6 Å². The molecule has 0 radical (unpaired) electrons. The van der Waals surface area contributed by atoms with Gasteiger partial charge in [-0.2, -0.15) is 0 Å². The molecule has 20 heavy (non-hydrogen) atoms. The van der Waals surface area contributed by atoms with Gasteiger partial charge in [-0.25, -0.2) is 4.98 Å². The molecule has 1 aromatic heterocycles. The highest BCUT2D eigenvalue weighted by Crippen LogP contribution is 2.38. The van der Waals surface area contributed by atoms with E-state index in [9.17, 15) is 4.79 Å². The maximum absolute atomic E-state index is 11.9. The van der Waals surface area contributed by atoms with Crippen molar-refractivity contribution in [2.24, 2.45) is 0 Å². The van der Waals surface area contributed by atoms with Crippen LogP contribution < -0.4 is 15.8 Å². The van der Waals surface area contributed by atoms with Gasteiger partial charge in [-0.05, 0) is 45.1 Å². The van der Waals surface area contributed by atoms with Gasteiger partial charge < -0.3 is 15.2 Å². The van der Waals surface area contributed by atoms with Gasteiger partial charge in [-0.3, -0.25) is 4.79 Å². The van der Waals surface area contributed by atoms with Crippen LogP contribution in [0.4, 0.5) is 5.82 Å². The van der Waals surface area contributed by atoms with Crippen molar-refractivity contribution >= 4 is 5.82 Å². The molecule has 3 fully saturated rings. The normalized spacial score (nSPS) is 30.1. The van der Waals surface area contributed by atoms with Crippen molar-refractivity contribution in [3.05, 3.63) is 22.2 Å². The molecule has 1 saturated carbocycles. The van der Waals surface area contributed by atoms with E-state index in [0.29, 0.717) is 18.0 Å². The van der Waals surface area contributed by atoms with Gasteiger partial charge in [0.15, 0.2) is 0 Å². The van der Waals surface area contributed by atoms with Crippen molar-refractivity contribution in [2.45, 2.75) is 56.5 Å². The molecule has 0 aromatic carbocycles. The van der Waals surface area contributed by atoms with Gasteiger partial charge in [0.25, 0.3) is 5.56 Å². The fourth-order valence-electron chi connectivity index (χ4n) is 3.70. The zero-order valence-corrected chi connectivity index (χ0v) is 11.8. The summed E-state index contributed by atoms with van der Waals surface area (Å²) in [5, 5.41) is 3.61. The van der Waals surface area contributed by atoms with Crippen molar-refractivity contribution in [3.8, 4) is 0 Å². The number of hydrogen-bond donors (Lipinski definition) is 2. The number of aromatic nitrogens is 2. The molecule has 2 saturated heterocycles. The quantitative estimate of drug-likeness (QED) is 0.874. The number of nitrogens with zero attached hydrogens (tertiary/aromatic N) is 2. The maximum atomic E-state index is 11.9. The van der Waals surface area contributed by atoms with Crippen LogP contribution in [0.15, 0.2) is 10.9 Å². The zero-order chi connectivity index (χ0) is 13.5. The van der Waals surface area contributed by atoms with Crippen LogP contribution >= 0.6 is 0 Å². The smallest absolute Gasteiger partial charge is 0.252 e. The Kier molecular flexibility index (Phi) is 3.02. The summed E-state index contributed by atoms with van der Waals surface area (Å²) in [6.45, 7) is 2.16. The van der Waals surface area contributed by atoms with E-state index in [0.717, 1.165) is 24.7 Å². The Labute approximate surface area is 118 Å². The van der Waals surface area contributed by atoms with Gasteiger partial charge in [0.05, 0.1) is 0 Å². The van der Waals surface area contributed by atoms with Crippen LogP contribution in [0.25, 0.3) is 0 Å². The van der Waals surface area contributed by atoms with Crippen LogP contribution in [0.1, 0.15) is 50.3 Å². The number of hydrogen-bond acceptors (Lipinski definition) is 4. The third kappa shape index (κ3) is 2.24. The molecule has 2 unspecified atom stereocenters. The average Bonchev–Trinajstić information content (AvgIpc) is 2.96. The molecule has 108 valence electrons. The monoisotopic (exact) mass is 274 g/mol. The molecule has 5 nitrogen and oxygen atoms in total. The number of rotatable bonds is 3. The van der Waals surface area contributed by atoms with E-state index >= 15 is 0 Å². The topological polar surface area (TPSA) is 61.0 Å². The summed E-state index contributed by atoms with van der Waals surface area (Å²) in [5.41, 5.74) is 0.00179. The Morgan fingerprint density at radius 1 is 1.20 bits per heavy atom. The van der Waals surface area contributed by atoms with Crippen LogP contribution in [0.2, 0.25) is 0 Å². The Morgan fingerprint density at radius 3 is 2.85 bits per heavy atom. The van der Waals surface area contributed by atoms with Crippen LogP contribution in [-0.4, -0.2) is 35.1 Å². The lowest BCUT2D eigenvalue weighted by atomic mass is 10.0. The molecule has 2 atom stereocenters. The highest BCUT2D eigenvalue weighted by atomic mass is 16.1. The zero-order valence-electron chi connectivity index (χ0n) is 11.8. The summed E-state index contributed by atoms with van der Waals surface area (Å²) in [4.78, 5) is 21.9. The van der Waals surface area contributed by atoms with Gasteiger partial charge in [-0.15, -0.1) is 0 Å². The van der Waals surface area contributed by atoms with E-state index in [-0.39, 0.29) is 5.56 Å². The summed E-state index contributed by atoms with van der Waals surface area (Å²) < 4.78 is 0. The van der Waals surface area contributed by atoms with Crippen LogP contribution in [0.3, 0.4) is 0 Å². The average molecular weight is 274 g/mol. The Balaban J connectivity index is 1.63. The highest BCUT2D eigenvalue weighted by molar-refractivity contribution is 5.41. The van der Waals surface area contributed by atoms with Crippen molar-refractivity contribution in [3.63, 3.8) is 0 Å². The fourth-order valence-corrected chi connectivity index (χ4v) is 3.70. The number of H-pyrrole nitrogens is 1. The third-order valence-corrected chi connectivity index (χ3v) is 4.87. The minimum absolute atomic E-state index is 0.00179. The van der Waals surface area contributed by atoms with Crippen LogP contribution in [-0.2, 0) is 0 Å². The van der Waals surface area contributed by atoms with E-state index in [1.54, 1.807) is 6.07 Å². The summed E-state index contributed by atoms with van der Waals surface area (Å²) in [7, 11) is 0. The molecule has 1 aliphatic carbocycles. The second kappa shape index (κ2) is 4.88. The summed E-state index contributed by atoms with van der Waals surface area (Å²) in [6.07, 6.45) is 7.27. The lowest BCUT2D eigenvalue weighted by molar-refractivity contribution is 0.480. The minimum Gasteiger partial charge on any atom is -0.352 e. The molecule has 3 aliphatic rings. The standard InChI is InChI=1S/C15H22N4O/c20-14-9-13(17-15(18-14)10-5-6-10)19-8-2-4-12(19)11-3-1-7-16-11/h9-12,16H,1-8H2,(H,17,18,20). The number of nitrogens with one attached hydrogen (secondary N) is 2. The summed E-state index contributed by atoms with van der Waals surface area (Å²) in [5.74, 6) is 2.29. The molecular weight excluding hydrogens is 252 g/mol. The van der Waals surface area contributed by atoms with Crippen molar-refractivity contribution in [1.82, 2.24) is 15.3 Å². The second-order valence-corrected chi connectivity index (χ2v) is 6.37. The first-order valence-electron chi connectivity index (χ1n) is 7.92. The summed E-state index contributed by atoms with van der Waals surface area (Å²) in [6, 6.07) is 2.76. The van der Waals surface area contributed by atoms with Gasteiger partial charge in [0.2, 0.25) is 0 Å². The largest absolute Gasteiger partial charge is 0.352 e. The Morgan fingerprint density at radius 2 is 2.10 bits per heavy atom. The molecular formula is C15H22N4O. The SMILES string of the molecule is O=c1cc(N2CCCC2C2CCCN2)nc(C2CC2)[nH]1. The van der Waals surface area contributed by atoms with Gasteiger partial charge in [0.1, 0.15) is 11.6 Å². The Hall–Kier alpha value is -1.36. The number of aromatic amines is 1. The molecule has 2 aliphatic heterocycles. The Bertz CT molecular complexity index is 545. The van der Waals surface area contributed by atoms with E-state index in [1.165, 1.54) is 38.5 Å². The highest BCUT2D eigenvalue weighted by Gasteiger charge is 2.35. The molecule has 1 aromatic rings. The maximum Gasteiger partial charge on any atom is 0.252 e.